The summed E-state index contributed by atoms with van der Waals surface area (Å²) in [5.41, 5.74) is 7.54. The molecule has 132 valence electrons. The average molecular weight is 340 g/mol. The first-order valence-electron chi connectivity index (χ1n) is 8.21. The van der Waals surface area contributed by atoms with Crippen LogP contribution in [0.15, 0.2) is 48.8 Å². The maximum absolute atomic E-state index is 12.3. The van der Waals surface area contributed by atoms with Crippen molar-refractivity contribution in [2.24, 2.45) is 5.73 Å². The molecule has 2 rings (SSSR count). The summed E-state index contributed by atoms with van der Waals surface area (Å²) in [7, 11) is 0. The summed E-state index contributed by atoms with van der Waals surface area (Å²) in [6.45, 7) is 5.90. The first-order valence-corrected chi connectivity index (χ1v) is 8.21. The minimum atomic E-state index is -0.775. The number of carbonyl (C=O) groups is 2. The Morgan fingerprint density at radius 2 is 1.72 bits per heavy atom. The van der Waals surface area contributed by atoms with Crippen LogP contribution in [0.5, 0.6) is 0 Å². The van der Waals surface area contributed by atoms with Gasteiger partial charge in [-0.25, -0.2) is 0 Å². The van der Waals surface area contributed by atoms with Gasteiger partial charge in [-0.05, 0) is 50.1 Å². The molecule has 0 aliphatic rings. The van der Waals surface area contributed by atoms with E-state index in [1.807, 2.05) is 20.8 Å². The van der Waals surface area contributed by atoms with Gasteiger partial charge >= 0.3 is 0 Å². The zero-order valence-electron chi connectivity index (χ0n) is 14.7. The molecule has 1 aromatic carbocycles. The van der Waals surface area contributed by atoms with Crippen molar-refractivity contribution in [3.05, 3.63) is 59.9 Å². The molecule has 1 heterocycles. The van der Waals surface area contributed by atoms with Gasteiger partial charge < -0.3 is 16.4 Å². The van der Waals surface area contributed by atoms with Crippen LogP contribution in [0.3, 0.4) is 0 Å². The van der Waals surface area contributed by atoms with Crippen molar-refractivity contribution in [2.75, 3.05) is 5.32 Å². The Kier molecular flexibility index (Phi) is 5.88. The van der Waals surface area contributed by atoms with E-state index < -0.39 is 6.04 Å². The third-order valence-electron chi connectivity index (χ3n) is 4.10. The maximum atomic E-state index is 12.3. The van der Waals surface area contributed by atoms with E-state index in [1.54, 1.807) is 48.8 Å². The Morgan fingerprint density at radius 3 is 2.28 bits per heavy atom. The Labute approximate surface area is 147 Å². The van der Waals surface area contributed by atoms with Gasteiger partial charge in [-0.2, -0.15) is 0 Å². The molecule has 1 aromatic heterocycles. The smallest absolute Gasteiger partial charge is 0.255 e. The second-order valence-corrected chi connectivity index (χ2v) is 6.52. The standard InChI is InChI=1S/C19H24N4O2/c1-4-19(2,3)23-18(25)16(20)13-5-7-14(8-6-13)17(24)22-15-9-11-21-12-10-15/h5-12,16H,4,20H2,1-3H3,(H,23,25)(H,21,22,24). The van der Waals surface area contributed by atoms with E-state index in [9.17, 15) is 9.59 Å². The molecule has 6 nitrogen and oxygen atoms in total. The maximum Gasteiger partial charge on any atom is 0.255 e. The van der Waals surface area contributed by atoms with E-state index in [0.29, 0.717) is 16.8 Å². The molecule has 2 amide bonds. The van der Waals surface area contributed by atoms with Gasteiger partial charge in [0.2, 0.25) is 5.91 Å². The number of hydrogen-bond acceptors (Lipinski definition) is 4. The van der Waals surface area contributed by atoms with Crippen molar-refractivity contribution in [3.63, 3.8) is 0 Å². The highest BCUT2D eigenvalue weighted by molar-refractivity contribution is 6.04. The monoisotopic (exact) mass is 340 g/mol. The van der Waals surface area contributed by atoms with E-state index in [1.165, 1.54) is 0 Å². The molecule has 6 heteroatoms. The van der Waals surface area contributed by atoms with E-state index >= 15 is 0 Å². The van der Waals surface area contributed by atoms with Crippen LogP contribution in [0, 0.1) is 0 Å². The number of aromatic nitrogens is 1. The van der Waals surface area contributed by atoms with Gasteiger partial charge in [0.05, 0.1) is 0 Å². The fourth-order valence-electron chi connectivity index (χ4n) is 2.13. The third kappa shape index (κ3) is 5.12. The number of nitrogens with one attached hydrogen (secondary N) is 2. The molecule has 0 aliphatic carbocycles. The zero-order chi connectivity index (χ0) is 18.4. The largest absolute Gasteiger partial charge is 0.350 e. The van der Waals surface area contributed by atoms with Crippen molar-refractivity contribution >= 4 is 17.5 Å². The minimum Gasteiger partial charge on any atom is -0.350 e. The summed E-state index contributed by atoms with van der Waals surface area (Å²) in [6, 6.07) is 9.36. The van der Waals surface area contributed by atoms with Gasteiger partial charge in [0.25, 0.3) is 5.91 Å². The molecule has 0 spiro atoms. The van der Waals surface area contributed by atoms with E-state index in [0.717, 1.165) is 6.42 Å². The highest BCUT2D eigenvalue weighted by Gasteiger charge is 2.23. The Morgan fingerprint density at radius 1 is 1.12 bits per heavy atom. The third-order valence-corrected chi connectivity index (χ3v) is 4.10. The second-order valence-electron chi connectivity index (χ2n) is 6.52. The number of nitrogens with zero attached hydrogens (tertiary/aromatic N) is 1. The fraction of sp³-hybridized carbons (Fsp3) is 0.316. The van der Waals surface area contributed by atoms with Gasteiger partial charge in [0.1, 0.15) is 6.04 Å². The van der Waals surface area contributed by atoms with Crippen LogP contribution in [0.4, 0.5) is 5.69 Å². The summed E-state index contributed by atoms with van der Waals surface area (Å²) < 4.78 is 0. The molecule has 1 atom stereocenters. The lowest BCUT2D eigenvalue weighted by Gasteiger charge is -2.26. The molecular formula is C19H24N4O2. The van der Waals surface area contributed by atoms with Crippen LogP contribution in [0.2, 0.25) is 0 Å². The van der Waals surface area contributed by atoms with Crippen molar-refractivity contribution in [1.29, 1.82) is 0 Å². The highest BCUT2D eigenvalue weighted by Crippen LogP contribution is 2.16. The summed E-state index contributed by atoms with van der Waals surface area (Å²) in [5.74, 6) is -0.469. The van der Waals surface area contributed by atoms with Crippen LogP contribution in [-0.2, 0) is 4.79 Å². The number of pyridine rings is 1. The summed E-state index contributed by atoms with van der Waals surface area (Å²) >= 11 is 0. The summed E-state index contributed by atoms with van der Waals surface area (Å²) in [6.07, 6.45) is 4.02. The lowest BCUT2D eigenvalue weighted by Crippen LogP contribution is -2.46. The zero-order valence-corrected chi connectivity index (χ0v) is 14.7. The lowest BCUT2D eigenvalue weighted by molar-refractivity contribution is -0.124. The van der Waals surface area contributed by atoms with Gasteiger partial charge in [-0.1, -0.05) is 19.1 Å². The Hall–Kier alpha value is -2.73. The van der Waals surface area contributed by atoms with Gasteiger partial charge in [0, 0.05) is 29.2 Å². The number of carbonyl (C=O) groups excluding carboxylic acids is 2. The number of anilines is 1. The fourth-order valence-corrected chi connectivity index (χ4v) is 2.13. The minimum absolute atomic E-state index is 0.233. The van der Waals surface area contributed by atoms with E-state index in [4.69, 9.17) is 5.73 Å². The molecule has 0 aliphatic heterocycles. The molecule has 0 saturated heterocycles. The Bertz CT molecular complexity index is 727. The molecule has 0 bridgehead atoms. The molecular weight excluding hydrogens is 316 g/mol. The second kappa shape index (κ2) is 7.90. The first-order chi connectivity index (χ1) is 11.8. The van der Waals surface area contributed by atoms with Crippen molar-refractivity contribution in [3.8, 4) is 0 Å². The van der Waals surface area contributed by atoms with E-state index in [2.05, 4.69) is 15.6 Å². The topological polar surface area (TPSA) is 97.1 Å². The first kappa shape index (κ1) is 18.6. The van der Waals surface area contributed by atoms with Gasteiger partial charge in [0.15, 0.2) is 0 Å². The molecule has 0 radical (unpaired) electrons. The lowest BCUT2D eigenvalue weighted by atomic mass is 9.99. The van der Waals surface area contributed by atoms with Crippen LogP contribution >= 0.6 is 0 Å². The summed E-state index contributed by atoms with van der Waals surface area (Å²) in [5, 5.41) is 5.70. The van der Waals surface area contributed by atoms with Gasteiger partial charge in [-0.3, -0.25) is 14.6 Å². The van der Waals surface area contributed by atoms with Crippen LogP contribution in [0.25, 0.3) is 0 Å². The molecule has 2 aromatic rings. The highest BCUT2D eigenvalue weighted by atomic mass is 16.2. The number of rotatable bonds is 6. The number of nitrogens with two attached hydrogens (primary N) is 1. The molecule has 1 unspecified atom stereocenters. The predicted molar refractivity (Wildman–Crippen MR) is 98.1 cm³/mol. The SMILES string of the molecule is CCC(C)(C)NC(=O)C(N)c1ccc(C(=O)Nc2ccncc2)cc1. The van der Waals surface area contributed by atoms with Crippen molar-refractivity contribution in [1.82, 2.24) is 10.3 Å². The van der Waals surface area contributed by atoms with Crippen LogP contribution in [-0.4, -0.2) is 22.3 Å². The van der Waals surface area contributed by atoms with Crippen molar-refractivity contribution in [2.45, 2.75) is 38.8 Å². The van der Waals surface area contributed by atoms with Gasteiger partial charge in [-0.15, -0.1) is 0 Å². The Balaban J connectivity index is 2.03. The van der Waals surface area contributed by atoms with E-state index in [-0.39, 0.29) is 17.4 Å². The quantitative estimate of drug-likeness (QED) is 0.753. The molecule has 4 N–H and O–H groups in total. The van der Waals surface area contributed by atoms with Crippen LogP contribution < -0.4 is 16.4 Å². The van der Waals surface area contributed by atoms with Crippen molar-refractivity contribution < 1.29 is 9.59 Å². The number of amides is 2. The molecule has 0 saturated carbocycles. The molecule has 25 heavy (non-hydrogen) atoms. The van der Waals surface area contributed by atoms with Crippen LogP contribution in [0.1, 0.15) is 49.2 Å². The number of benzene rings is 1. The summed E-state index contributed by atoms with van der Waals surface area (Å²) in [4.78, 5) is 28.4. The number of hydrogen-bond donors (Lipinski definition) is 3. The molecule has 0 fully saturated rings. The predicted octanol–water partition coefficient (Wildman–Crippen LogP) is 2.64. The normalized spacial score (nSPS) is 12.3. The average Bonchev–Trinajstić information content (AvgIpc) is 2.61.